The van der Waals surface area contributed by atoms with Crippen LogP contribution in [0.3, 0.4) is 0 Å². The van der Waals surface area contributed by atoms with Crippen molar-refractivity contribution in [1.29, 1.82) is 0 Å². The third kappa shape index (κ3) is 2.12. The molecule has 68 valence electrons. The van der Waals surface area contributed by atoms with E-state index in [1.807, 2.05) is 0 Å². The van der Waals surface area contributed by atoms with Crippen LogP contribution in [0.25, 0.3) is 0 Å². The number of halogens is 4. The SMILES string of the molecule is [B]c1nc(Br)c(N)nc1C(F)(F)F. The summed E-state index contributed by atoms with van der Waals surface area (Å²) in [5.74, 6) is -0.346. The Labute approximate surface area is 81.1 Å². The normalized spacial score (nSPS) is 11.7. The van der Waals surface area contributed by atoms with Crippen molar-refractivity contribution in [1.82, 2.24) is 9.97 Å². The molecule has 0 atom stereocenters. The first-order valence-corrected chi connectivity index (χ1v) is 3.77. The fourth-order valence-corrected chi connectivity index (χ4v) is 0.928. The highest BCUT2D eigenvalue weighted by molar-refractivity contribution is 9.10. The Morgan fingerprint density at radius 1 is 1.31 bits per heavy atom. The minimum absolute atomic E-state index is 0.00185. The van der Waals surface area contributed by atoms with Crippen LogP contribution in [0.4, 0.5) is 19.0 Å². The van der Waals surface area contributed by atoms with Crippen molar-refractivity contribution < 1.29 is 13.2 Å². The third-order valence-corrected chi connectivity index (χ3v) is 1.76. The lowest BCUT2D eigenvalue weighted by Crippen LogP contribution is -2.26. The van der Waals surface area contributed by atoms with Gasteiger partial charge in [-0.2, -0.15) is 13.2 Å². The molecule has 0 saturated heterocycles. The van der Waals surface area contributed by atoms with E-state index in [-0.39, 0.29) is 10.4 Å². The highest BCUT2D eigenvalue weighted by Gasteiger charge is 2.35. The zero-order valence-corrected chi connectivity index (χ0v) is 7.65. The van der Waals surface area contributed by atoms with Crippen molar-refractivity contribution in [3.8, 4) is 0 Å². The molecule has 13 heavy (non-hydrogen) atoms. The number of nitrogens with zero attached hydrogens (tertiary/aromatic N) is 2. The molecule has 0 amide bonds. The van der Waals surface area contributed by atoms with Gasteiger partial charge in [0, 0.05) is 5.59 Å². The fourth-order valence-electron chi connectivity index (χ4n) is 0.648. The highest BCUT2D eigenvalue weighted by Crippen LogP contribution is 2.27. The smallest absolute Gasteiger partial charge is 0.381 e. The van der Waals surface area contributed by atoms with E-state index in [1.165, 1.54) is 0 Å². The van der Waals surface area contributed by atoms with E-state index in [0.717, 1.165) is 0 Å². The highest BCUT2D eigenvalue weighted by atomic mass is 79.9. The number of rotatable bonds is 0. The van der Waals surface area contributed by atoms with E-state index in [4.69, 9.17) is 13.6 Å². The second kappa shape index (κ2) is 3.17. The Balaban J connectivity index is 3.32. The van der Waals surface area contributed by atoms with Crippen molar-refractivity contribution in [2.75, 3.05) is 5.73 Å². The molecule has 0 bridgehead atoms. The second-order valence-corrected chi connectivity index (χ2v) is 2.88. The molecule has 1 aromatic rings. The van der Waals surface area contributed by atoms with Gasteiger partial charge in [-0.05, 0) is 15.9 Å². The third-order valence-electron chi connectivity index (χ3n) is 1.17. The molecule has 2 radical (unpaired) electrons. The van der Waals surface area contributed by atoms with E-state index in [2.05, 4.69) is 25.9 Å². The predicted octanol–water partition coefficient (Wildman–Crippen LogP) is 0.634. The van der Waals surface area contributed by atoms with Crippen LogP contribution in [0.1, 0.15) is 5.69 Å². The molecule has 0 fully saturated rings. The molecule has 1 aromatic heterocycles. The second-order valence-electron chi connectivity index (χ2n) is 2.13. The van der Waals surface area contributed by atoms with E-state index in [9.17, 15) is 13.2 Å². The standard InChI is InChI=1S/C5H2BBrF3N3/c6-2-1(5(8,9)10)12-4(11)3(7)13-2/h(H2,11,12). The van der Waals surface area contributed by atoms with Gasteiger partial charge in [-0.1, -0.05) is 0 Å². The topological polar surface area (TPSA) is 51.8 Å². The molecule has 0 aliphatic heterocycles. The number of nitrogens with two attached hydrogens (primary N) is 1. The van der Waals surface area contributed by atoms with Crippen LogP contribution >= 0.6 is 15.9 Å². The Kier molecular flexibility index (Phi) is 2.51. The van der Waals surface area contributed by atoms with Crippen molar-refractivity contribution in [3.05, 3.63) is 10.3 Å². The zero-order chi connectivity index (χ0) is 10.2. The van der Waals surface area contributed by atoms with Gasteiger partial charge in [0.2, 0.25) is 0 Å². The lowest BCUT2D eigenvalue weighted by atomic mass is 10.0. The first-order valence-electron chi connectivity index (χ1n) is 2.98. The van der Waals surface area contributed by atoms with Crippen LogP contribution in [0.2, 0.25) is 0 Å². The maximum absolute atomic E-state index is 12.1. The van der Waals surface area contributed by atoms with E-state index in [0.29, 0.717) is 0 Å². The molecule has 0 spiro atoms. The van der Waals surface area contributed by atoms with Crippen molar-refractivity contribution in [2.24, 2.45) is 0 Å². The maximum Gasteiger partial charge on any atom is 0.434 e. The Hall–Kier alpha value is -0.785. The van der Waals surface area contributed by atoms with Crippen LogP contribution in [0.5, 0.6) is 0 Å². The summed E-state index contributed by atoms with van der Waals surface area (Å²) in [4.78, 5) is 6.39. The molecule has 3 nitrogen and oxygen atoms in total. The predicted molar refractivity (Wildman–Crippen MR) is 44.5 cm³/mol. The average molecular weight is 252 g/mol. The summed E-state index contributed by atoms with van der Waals surface area (Å²) in [7, 11) is 5.00. The summed E-state index contributed by atoms with van der Waals surface area (Å²) in [6, 6.07) is 0. The number of aromatic nitrogens is 2. The molecule has 0 aromatic carbocycles. The minimum atomic E-state index is -4.63. The molecule has 1 rings (SSSR count). The van der Waals surface area contributed by atoms with Gasteiger partial charge in [0.25, 0.3) is 0 Å². The van der Waals surface area contributed by atoms with Gasteiger partial charge in [0.05, 0.1) is 0 Å². The number of anilines is 1. The summed E-state index contributed by atoms with van der Waals surface area (Å²) in [5, 5.41) is 0. The van der Waals surface area contributed by atoms with Gasteiger partial charge < -0.3 is 5.73 Å². The van der Waals surface area contributed by atoms with Crippen molar-refractivity contribution in [2.45, 2.75) is 6.18 Å². The maximum atomic E-state index is 12.1. The number of alkyl halides is 3. The quantitative estimate of drug-likeness (QED) is 0.689. The fraction of sp³-hybridized carbons (Fsp3) is 0.200. The molecule has 1 heterocycles. The summed E-state index contributed by atoms with van der Waals surface area (Å²) >= 11 is 2.80. The van der Waals surface area contributed by atoms with Gasteiger partial charge in [-0.25, -0.2) is 4.98 Å². The van der Waals surface area contributed by atoms with Gasteiger partial charge in [0.1, 0.15) is 12.4 Å². The van der Waals surface area contributed by atoms with Gasteiger partial charge >= 0.3 is 6.18 Å². The first kappa shape index (κ1) is 10.3. The number of hydrogen-bond acceptors (Lipinski definition) is 3. The molecule has 0 unspecified atom stereocenters. The van der Waals surface area contributed by atoms with Crippen LogP contribution in [-0.2, 0) is 6.18 Å². The number of nitrogen functional groups attached to an aromatic ring is 1. The first-order chi connectivity index (χ1) is 5.82. The van der Waals surface area contributed by atoms with Gasteiger partial charge in [-0.3, -0.25) is 4.98 Å². The lowest BCUT2D eigenvalue weighted by Gasteiger charge is -2.09. The molecular weight excluding hydrogens is 250 g/mol. The van der Waals surface area contributed by atoms with Crippen LogP contribution in [0, 0.1) is 0 Å². The van der Waals surface area contributed by atoms with E-state index in [1.54, 1.807) is 0 Å². The Bertz CT molecular complexity index is 341. The molecule has 2 N–H and O–H groups in total. The van der Waals surface area contributed by atoms with Crippen LogP contribution < -0.4 is 11.3 Å². The Morgan fingerprint density at radius 2 is 1.85 bits per heavy atom. The lowest BCUT2D eigenvalue weighted by molar-refractivity contribution is -0.140. The largest absolute Gasteiger partial charge is 0.434 e. The average Bonchev–Trinajstić information content (AvgIpc) is 1.94. The molecular formula is C5H2BBrF3N3. The van der Waals surface area contributed by atoms with E-state index < -0.39 is 17.5 Å². The van der Waals surface area contributed by atoms with Crippen LogP contribution in [-0.4, -0.2) is 17.8 Å². The van der Waals surface area contributed by atoms with Crippen molar-refractivity contribution >= 4 is 35.2 Å². The molecule has 0 aliphatic rings. The Morgan fingerprint density at radius 3 is 2.31 bits per heavy atom. The van der Waals surface area contributed by atoms with Crippen molar-refractivity contribution in [3.63, 3.8) is 0 Å². The monoisotopic (exact) mass is 251 g/mol. The molecule has 8 heteroatoms. The minimum Gasteiger partial charge on any atom is -0.381 e. The number of hydrogen-bond donors (Lipinski definition) is 1. The molecule has 0 saturated carbocycles. The van der Waals surface area contributed by atoms with E-state index >= 15 is 0 Å². The van der Waals surface area contributed by atoms with Crippen LogP contribution in [0.15, 0.2) is 4.60 Å². The summed E-state index contributed by atoms with van der Waals surface area (Å²) in [5.41, 5.74) is 3.14. The summed E-state index contributed by atoms with van der Waals surface area (Å²) in [6.07, 6.45) is -4.63. The van der Waals surface area contributed by atoms with Gasteiger partial charge in [0.15, 0.2) is 11.5 Å². The summed E-state index contributed by atoms with van der Waals surface area (Å²) < 4.78 is 36.3. The zero-order valence-electron chi connectivity index (χ0n) is 6.06. The van der Waals surface area contributed by atoms with Gasteiger partial charge in [-0.15, -0.1) is 0 Å². The summed E-state index contributed by atoms with van der Waals surface area (Å²) in [6.45, 7) is 0. The molecule has 0 aliphatic carbocycles.